The van der Waals surface area contributed by atoms with Gasteiger partial charge in [0.1, 0.15) is 5.76 Å². The molecule has 1 aliphatic carbocycles. The van der Waals surface area contributed by atoms with E-state index in [1.54, 1.807) is 0 Å². The van der Waals surface area contributed by atoms with Crippen LogP contribution < -0.4 is 0 Å². The molecule has 14 heavy (non-hydrogen) atoms. The Morgan fingerprint density at radius 3 is 3.07 bits per heavy atom. The zero-order chi connectivity index (χ0) is 10.1. The molecular weight excluding hydrogens is 248 g/mol. The molecule has 0 radical (unpaired) electrons. The Hall–Kier alpha value is -0.770. The Morgan fingerprint density at radius 1 is 1.71 bits per heavy atom. The van der Waals surface area contributed by atoms with Gasteiger partial charge in [-0.05, 0) is 41.4 Å². The minimum atomic E-state index is -0.106. The van der Waals surface area contributed by atoms with E-state index in [9.17, 15) is 4.79 Å². The van der Waals surface area contributed by atoms with Crippen LogP contribution in [-0.2, 0) is 9.53 Å². The van der Waals surface area contributed by atoms with Gasteiger partial charge in [0.15, 0.2) is 4.67 Å². The quantitative estimate of drug-likeness (QED) is 0.783. The summed E-state index contributed by atoms with van der Waals surface area (Å²) >= 11 is 3.23. The lowest BCUT2D eigenvalue weighted by Gasteiger charge is -1.98. The van der Waals surface area contributed by atoms with E-state index in [2.05, 4.69) is 15.9 Å². The van der Waals surface area contributed by atoms with Gasteiger partial charge in [-0.2, -0.15) is 0 Å². The number of rotatable bonds is 3. The number of hydrogen-bond acceptors (Lipinski definition) is 3. The second-order valence-electron chi connectivity index (χ2n) is 3.34. The van der Waals surface area contributed by atoms with Crippen molar-refractivity contribution in [1.29, 1.82) is 0 Å². The Kier molecular flexibility index (Phi) is 2.63. The van der Waals surface area contributed by atoms with E-state index < -0.39 is 0 Å². The fraction of sp³-hybridized carbons (Fsp3) is 0.500. The lowest BCUT2D eigenvalue weighted by atomic mass is 10.2. The van der Waals surface area contributed by atoms with Gasteiger partial charge in [-0.15, -0.1) is 0 Å². The maximum Gasteiger partial charge on any atom is 0.309 e. The Balaban J connectivity index is 1.96. The number of hydrogen-bond donors (Lipinski definition) is 0. The second kappa shape index (κ2) is 3.77. The highest BCUT2D eigenvalue weighted by Crippen LogP contribution is 2.48. The van der Waals surface area contributed by atoms with E-state index in [1.807, 2.05) is 19.1 Å². The van der Waals surface area contributed by atoms with Gasteiger partial charge in [0.2, 0.25) is 0 Å². The molecule has 1 aromatic heterocycles. The molecule has 2 atom stereocenters. The highest BCUT2D eigenvalue weighted by molar-refractivity contribution is 9.10. The van der Waals surface area contributed by atoms with Crippen molar-refractivity contribution in [2.45, 2.75) is 19.3 Å². The van der Waals surface area contributed by atoms with Crippen molar-refractivity contribution in [3.05, 3.63) is 22.6 Å². The Bertz CT molecular complexity index is 345. The van der Waals surface area contributed by atoms with Gasteiger partial charge in [-0.3, -0.25) is 4.79 Å². The normalized spacial score (nSPS) is 24.7. The summed E-state index contributed by atoms with van der Waals surface area (Å²) in [6, 6.07) is 3.74. The average Bonchev–Trinajstić information content (AvgIpc) is 2.84. The highest BCUT2D eigenvalue weighted by Gasteiger charge is 2.47. The van der Waals surface area contributed by atoms with Gasteiger partial charge < -0.3 is 9.15 Å². The summed E-state index contributed by atoms with van der Waals surface area (Å²) in [4.78, 5) is 11.3. The van der Waals surface area contributed by atoms with E-state index in [-0.39, 0.29) is 17.8 Å². The molecule has 1 heterocycles. The van der Waals surface area contributed by atoms with E-state index in [0.29, 0.717) is 11.3 Å². The first-order valence-corrected chi connectivity index (χ1v) is 5.43. The van der Waals surface area contributed by atoms with E-state index in [1.165, 1.54) is 0 Å². The molecule has 0 saturated heterocycles. The van der Waals surface area contributed by atoms with Crippen LogP contribution in [0.15, 0.2) is 21.2 Å². The van der Waals surface area contributed by atoms with Crippen LogP contribution in [0.1, 0.15) is 25.0 Å². The maximum atomic E-state index is 11.3. The third-order valence-electron chi connectivity index (χ3n) is 2.34. The number of esters is 1. The summed E-state index contributed by atoms with van der Waals surface area (Å²) in [6.07, 6.45) is 0.846. The number of furan rings is 1. The largest absolute Gasteiger partial charge is 0.466 e. The van der Waals surface area contributed by atoms with Gasteiger partial charge in [-0.1, -0.05) is 0 Å². The second-order valence-corrected chi connectivity index (χ2v) is 4.12. The maximum absolute atomic E-state index is 11.3. The predicted molar refractivity (Wildman–Crippen MR) is 53.9 cm³/mol. The molecule has 0 aromatic carbocycles. The van der Waals surface area contributed by atoms with Crippen LogP contribution in [0.2, 0.25) is 0 Å². The van der Waals surface area contributed by atoms with Gasteiger partial charge in [0, 0.05) is 5.92 Å². The first kappa shape index (κ1) is 9.77. The summed E-state index contributed by atoms with van der Waals surface area (Å²) in [5.41, 5.74) is 0. The van der Waals surface area contributed by atoms with Crippen LogP contribution in [0.5, 0.6) is 0 Å². The molecule has 0 aliphatic heterocycles. The fourth-order valence-electron chi connectivity index (χ4n) is 1.55. The molecule has 0 spiro atoms. The molecule has 4 heteroatoms. The topological polar surface area (TPSA) is 39.4 Å². The lowest BCUT2D eigenvalue weighted by molar-refractivity contribution is -0.144. The van der Waals surface area contributed by atoms with Crippen molar-refractivity contribution in [2.24, 2.45) is 5.92 Å². The van der Waals surface area contributed by atoms with Crippen molar-refractivity contribution >= 4 is 21.9 Å². The first-order chi connectivity index (χ1) is 6.72. The Morgan fingerprint density at radius 2 is 2.50 bits per heavy atom. The predicted octanol–water partition coefficient (Wildman–Crippen LogP) is 2.71. The molecule has 1 saturated carbocycles. The van der Waals surface area contributed by atoms with Crippen molar-refractivity contribution in [1.82, 2.24) is 0 Å². The van der Waals surface area contributed by atoms with Crippen LogP contribution in [-0.4, -0.2) is 12.6 Å². The van der Waals surface area contributed by atoms with Crippen molar-refractivity contribution < 1.29 is 13.9 Å². The van der Waals surface area contributed by atoms with Crippen LogP contribution >= 0.6 is 15.9 Å². The number of ether oxygens (including phenoxy) is 1. The third-order valence-corrected chi connectivity index (χ3v) is 2.77. The molecule has 3 nitrogen and oxygen atoms in total. The molecule has 2 unspecified atom stereocenters. The zero-order valence-electron chi connectivity index (χ0n) is 7.83. The molecule has 0 bridgehead atoms. The van der Waals surface area contributed by atoms with E-state index >= 15 is 0 Å². The first-order valence-electron chi connectivity index (χ1n) is 4.64. The summed E-state index contributed by atoms with van der Waals surface area (Å²) in [5, 5.41) is 0. The number of carbonyl (C=O) groups excluding carboxylic acids is 1. The summed E-state index contributed by atoms with van der Waals surface area (Å²) in [6.45, 7) is 2.27. The molecule has 1 fully saturated rings. The summed E-state index contributed by atoms with van der Waals surface area (Å²) in [5.74, 6) is 0.994. The minimum Gasteiger partial charge on any atom is -0.466 e. The van der Waals surface area contributed by atoms with E-state index in [0.717, 1.165) is 12.2 Å². The number of halogens is 1. The third kappa shape index (κ3) is 1.85. The molecule has 1 aromatic rings. The minimum absolute atomic E-state index is 0.00741. The lowest BCUT2D eigenvalue weighted by Crippen LogP contribution is -2.06. The Labute approximate surface area is 90.6 Å². The van der Waals surface area contributed by atoms with Crippen molar-refractivity contribution in [3.63, 3.8) is 0 Å². The molecule has 0 amide bonds. The highest BCUT2D eigenvalue weighted by atomic mass is 79.9. The van der Waals surface area contributed by atoms with E-state index in [4.69, 9.17) is 9.15 Å². The summed E-state index contributed by atoms with van der Waals surface area (Å²) < 4.78 is 11.0. The smallest absolute Gasteiger partial charge is 0.309 e. The van der Waals surface area contributed by atoms with Gasteiger partial charge >= 0.3 is 5.97 Å². The molecule has 1 aliphatic rings. The fourth-order valence-corrected chi connectivity index (χ4v) is 1.87. The van der Waals surface area contributed by atoms with Gasteiger partial charge in [-0.25, -0.2) is 0 Å². The summed E-state index contributed by atoms with van der Waals surface area (Å²) in [7, 11) is 0. The molecule has 76 valence electrons. The van der Waals surface area contributed by atoms with Crippen LogP contribution in [0.3, 0.4) is 0 Å². The van der Waals surface area contributed by atoms with Gasteiger partial charge in [0.25, 0.3) is 0 Å². The SMILES string of the molecule is CCOC(=O)C1CC1c1ccc(Br)o1. The van der Waals surface area contributed by atoms with Crippen molar-refractivity contribution in [2.75, 3.05) is 6.61 Å². The molecular formula is C10H11BrO3. The molecule has 0 N–H and O–H groups in total. The van der Waals surface area contributed by atoms with Crippen molar-refractivity contribution in [3.8, 4) is 0 Å². The van der Waals surface area contributed by atoms with Crippen LogP contribution in [0, 0.1) is 5.92 Å². The monoisotopic (exact) mass is 258 g/mol. The van der Waals surface area contributed by atoms with Crippen LogP contribution in [0.4, 0.5) is 0 Å². The molecule has 2 rings (SSSR count). The standard InChI is InChI=1S/C10H11BrO3/c1-2-13-10(12)7-5-6(7)8-3-4-9(11)14-8/h3-4,6-7H,2,5H2,1H3. The van der Waals surface area contributed by atoms with Gasteiger partial charge in [0.05, 0.1) is 12.5 Å². The van der Waals surface area contributed by atoms with Crippen LogP contribution in [0.25, 0.3) is 0 Å². The number of carbonyl (C=O) groups is 1. The average molecular weight is 259 g/mol. The zero-order valence-corrected chi connectivity index (χ0v) is 9.41.